The number of hydrogen-bond acceptors (Lipinski definition) is 5. The van der Waals surface area contributed by atoms with Gasteiger partial charge in [-0.15, -0.1) is 10.2 Å². The van der Waals surface area contributed by atoms with E-state index in [0.717, 1.165) is 18.5 Å². The van der Waals surface area contributed by atoms with Crippen molar-refractivity contribution in [1.29, 1.82) is 0 Å². The summed E-state index contributed by atoms with van der Waals surface area (Å²) < 4.78 is 0. The zero-order valence-electron chi connectivity index (χ0n) is 13.9. The molecular formula is C19H17ClN4OS. The smallest absolute Gasteiger partial charge is 0.250 e. The van der Waals surface area contributed by atoms with Crippen LogP contribution in [0.1, 0.15) is 11.1 Å². The van der Waals surface area contributed by atoms with E-state index in [0.29, 0.717) is 15.3 Å². The maximum atomic E-state index is 12.0. The average molecular weight is 385 g/mol. The monoisotopic (exact) mass is 384 g/mol. The summed E-state index contributed by atoms with van der Waals surface area (Å²) in [6.45, 7) is 0.749. The first-order chi connectivity index (χ1) is 12.7. The lowest BCUT2D eigenvalue weighted by Crippen LogP contribution is -2.07. The van der Waals surface area contributed by atoms with Gasteiger partial charge in [0, 0.05) is 17.6 Å². The molecule has 0 bridgehead atoms. The minimum Gasteiger partial charge on any atom is -0.360 e. The van der Waals surface area contributed by atoms with Crippen LogP contribution >= 0.6 is 22.9 Å². The fourth-order valence-electron chi connectivity index (χ4n) is 2.23. The van der Waals surface area contributed by atoms with E-state index in [1.165, 1.54) is 23.0 Å². The van der Waals surface area contributed by atoms with Crippen LogP contribution < -0.4 is 10.6 Å². The molecule has 0 radical (unpaired) electrons. The molecule has 0 saturated heterocycles. The second kappa shape index (κ2) is 9.12. The van der Waals surface area contributed by atoms with Gasteiger partial charge in [-0.1, -0.05) is 71.5 Å². The third-order valence-corrected chi connectivity index (χ3v) is 4.65. The predicted octanol–water partition coefficient (Wildman–Crippen LogP) is 4.50. The standard InChI is InChI=1S/C19H17ClN4OS/c20-16-9-5-4-8-15(16)10-11-17(25)22-19-24-23-18(26-19)21-13-12-14-6-2-1-3-7-14/h1-11H,12-13H2,(H,21,23)(H,22,24,25)/b11-10+. The van der Waals surface area contributed by atoms with Crippen LogP contribution in [0, 0.1) is 0 Å². The molecule has 5 nitrogen and oxygen atoms in total. The minimum atomic E-state index is -0.281. The van der Waals surface area contributed by atoms with Crippen molar-refractivity contribution in [2.24, 2.45) is 0 Å². The number of carbonyl (C=O) groups excluding carboxylic acids is 1. The van der Waals surface area contributed by atoms with Crippen molar-refractivity contribution < 1.29 is 4.79 Å². The summed E-state index contributed by atoms with van der Waals surface area (Å²) in [5, 5.41) is 15.6. The Morgan fingerprint density at radius 2 is 1.77 bits per heavy atom. The Hall–Kier alpha value is -2.70. The van der Waals surface area contributed by atoms with Crippen molar-refractivity contribution in [3.8, 4) is 0 Å². The van der Waals surface area contributed by atoms with E-state index in [2.05, 4.69) is 33.0 Å². The largest absolute Gasteiger partial charge is 0.360 e. The van der Waals surface area contributed by atoms with Crippen LogP contribution in [-0.4, -0.2) is 22.6 Å². The third kappa shape index (κ3) is 5.40. The highest BCUT2D eigenvalue weighted by atomic mass is 35.5. The van der Waals surface area contributed by atoms with Gasteiger partial charge in [-0.3, -0.25) is 10.1 Å². The molecule has 1 heterocycles. The Bertz CT molecular complexity index is 895. The van der Waals surface area contributed by atoms with Gasteiger partial charge in [0.2, 0.25) is 16.2 Å². The summed E-state index contributed by atoms with van der Waals surface area (Å²) in [6.07, 6.45) is 3.98. The normalized spacial score (nSPS) is 10.8. The van der Waals surface area contributed by atoms with Crippen molar-refractivity contribution in [3.63, 3.8) is 0 Å². The number of rotatable bonds is 7. The summed E-state index contributed by atoms with van der Waals surface area (Å²) in [4.78, 5) is 12.0. The average Bonchev–Trinajstić information content (AvgIpc) is 3.09. The van der Waals surface area contributed by atoms with Crippen LogP contribution in [0.25, 0.3) is 6.08 Å². The Morgan fingerprint density at radius 3 is 2.58 bits per heavy atom. The summed E-state index contributed by atoms with van der Waals surface area (Å²) in [5.74, 6) is -0.281. The predicted molar refractivity (Wildman–Crippen MR) is 108 cm³/mol. The van der Waals surface area contributed by atoms with E-state index in [4.69, 9.17) is 11.6 Å². The lowest BCUT2D eigenvalue weighted by Gasteiger charge is -2.01. The topological polar surface area (TPSA) is 66.9 Å². The van der Waals surface area contributed by atoms with Gasteiger partial charge in [0.15, 0.2) is 0 Å². The molecule has 0 atom stereocenters. The Labute approximate surface area is 160 Å². The highest BCUT2D eigenvalue weighted by Crippen LogP contribution is 2.20. The fraction of sp³-hybridized carbons (Fsp3) is 0.105. The molecule has 0 saturated carbocycles. The van der Waals surface area contributed by atoms with Gasteiger partial charge in [0.05, 0.1) is 0 Å². The van der Waals surface area contributed by atoms with Gasteiger partial charge in [-0.05, 0) is 29.7 Å². The van der Waals surface area contributed by atoms with Gasteiger partial charge >= 0.3 is 0 Å². The Morgan fingerprint density at radius 1 is 1.04 bits per heavy atom. The summed E-state index contributed by atoms with van der Waals surface area (Å²) in [7, 11) is 0. The number of halogens is 1. The van der Waals surface area contributed by atoms with Crippen molar-refractivity contribution in [2.45, 2.75) is 6.42 Å². The van der Waals surface area contributed by atoms with Crippen LogP contribution in [-0.2, 0) is 11.2 Å². The molecule has 2 aromatic carbocycles. The summed E-state index contributed by atoms with van der Waals surface area (Å²) >= 11 is 7.35. The molecule has 3 rings (SSSR count). The van der Waals surface area contributed by atoms with Crippen LogP contribution in [0.4, 0.5) is 10.3 Å². The maximum Gasteiger partial charge on any atom is 0.250 e. The highest BCUT2D eigenvalue weighted by Gasteiger charge is 2.06. The Kier molecular flexibility index (Phi) is 6.35. The number of hydrogen-bond donors (Lipinski definition) is 2. The zero-order chi connectivity index (χ0) is 18.2. The number of benzene rings is 2. The van der Waals surface area contributed by atoms with Crippen LogP contribution in [0.5, 0.6) is 0 Å². The van der Waals surface area contributed by atoms with E-state index in [1.807, 2.05) is 36.4 Å². The fourth-order valence-corrected chi connectivity index (χ4v) is 3.10. The molecule has 2 N–H and O–H groups in total. The van der Waals surface area contributed by atoms with Gasteiger partial charge in [-0.25, -0.2) is 0 Å². The number of nitrogens with zero attached hydrogens (tertiary/aromatic N) is 2. The third-order valence-electron chi connectivity index (χ3n) is 3.51. The molecule has 0 aliphatic carbocycles. The van der Waals surface area contributed by atoms with Crippen molar-refractivity contribution in [2.75, 3.05) is 17.2 Å². The van der Waals surface area contributed by atoms with Crippen LogP contribution in [0.2, 0.25) is 5.02 Å². The van der Waals surface area contributed by atoms with E-state index >= 15 is 0 Å². The minimum absolute atomic E-state index is 0.281. The number of aromatic nitrogens is 2. The molecule has 7 heteroatoms. The molecule has 132 valence electrons. The highest BCUT2D eigenvalue weighted by molar-refractivity contribution is 7.19. The number of anilines is 2. The van der Waals surface area contributed by atoms with E-state index in [1.54, 1.807) is 12.1 Å². The zero-order valence-corrected chi connectivity index (χ0v) is 15.4. The van der Waals surface area contributed by atoms with Gasteiger partial charge in [-0.2, -0.15) is 0 Å². The first-order valence-electron chi connectivity index (χ1n) is 8.05. The maximum absolute atomic E-state index is 12.0. The van der Waals surface area contributed by atoms with Gasteiger partial charge in [0.25, 0.3) is 0 Å². The first-order valence-corrected chi connectivity index (χ1v) is 9.25. The molecule has 26 heavy (non-hydrogen) atoms. The molecule has 0 spiro atoms. The first kappa shape index (κ1) is 18.1. The number of amides is 1. The quantitative estimate of drug-likeness (QED) is 0.588. The molecule has 0 aliphatic rings. The van der Waals surface area contributed by atoms with Gasteiger partial charge in [0.1, 0.15) is 0 Å². The summed E-state index contributed by atoms with van der Waals surface area (Å²) in [6, 6.07) is 17.5. The lowest BCUT2D eigenvalue weighted by atomic mass is 10.2. The molecule has 0 aliphatic heterocycles. The molecular weight excluding hydrogens is 368 g/mol. The molecule has 0 unspecified atom stereocenters. The lowest BCUT2D eigenvalue weighted by molar-refractivity contribution is -0.111. The SMILES string of the molecule is O=C(/C=C/c1ccccc1Cl)Nc1nnc(NCCc2ccccc2)s1. The molecule has 0 fully saturated rings. The van der Waals surface area contributed by atoms with E-state index in [-0.39, 0.29) is 5.91 Å². The molecule has 1 aromatic heterocycles. The molecule has 1 amide bonds. The van der Waals surface area contributed by atoms with Gasteiger partial charge < -0.3 is 5.32 Å². The van der Waals surface area contributed by atoms with E-state index < -0.39 is 0 Å². The second-order valence-corrected chi connectivity index (χ2v) is 6.80. The van der Waals surface area contributed by atoms with Crippen LogP contribution in [0.15, 0.2) is 60.7 Å². The summed E-state index contributed by atoms with van der Waals surface area (Å²) in [5.41, 5.74) is 2.03. The molecule has 3 aromatic rings. The van der Waals surface area contributed by atoms with Crippen LogP contribution in [0.3, 0.4) is 0 Å². The Balaban J connectivity index is 1.48. The van der Waals surface area contributed by atoms with Crippen molar-refractivity contribution in [3.05, 3.63) is 76.8 Å². The van der Waals surface area contributed by atoms with Crippen molar-refractivity contribution in [1.82, 2.24) is 10.2 Å². The second-order valence-electron chi connectivity index (χ2n) is 5.42. The number of nitrogens with one attached hydrogen (secondary N) is 2. The van der Waals surface area contributed by atoms with Crippen molar-refractivity contribution >= 4 is 45.2 Å². The number of carbonyl (C=O) groups is 1. The van der Waals surface area contributed by atoms with E-state index in [9.17, 15) is 4.79 Å².